The van der Waals surface area contributed by atoms with Crippen LogP contribution in [-0.2, 0) is 0 Å². The molecular formula is C20H20N6O2. The van der Waals surface area contributed by atoms with Crippen LogP contribution < -0.4 is 15.1 Å². The van der Waals surface area contributed by atoms with Crippen molar-refractivity contribution in [1.29, 1.82) is 0 Å². The van der Waals surface area contributed by atoms with Crippen molar-refractivity contribution in [2.45, 2.75) is 12.0 Å². The molecule has 2 aliphatic rings. The van der Waals surface area contributed by atoms with Crippen LogP contribution in [0.5, 0.6) is 0 Å². The topological polar surface area (TPSA) is 94.5 Å². The van der Waals surface area contributed by atoms with Gasteiger partial charge in [-0.2, -0.15) is 0 Å². The molecule has 2 N–H and O–H groups in total. The molecule has 5 rings (SSSR count). The summed E-state index contributed by atoms with van der Waals surface area (Å²) in [5, 5.41) is 12.5. The third kappa shape index (κ3) is 2.96. The molecule has 2 aromatic heterocycles. The standard InChI is InChI=1S/C20H20N6O2/c27-20(28)23-15-11-26(12-15)19-18(21-7-8-22-19)14-9-25(10-14)17-6-5-13-3-1-2-4-16(13)24-17/h1-8,14-15,23H,9-12H2,(H,27,28). The number of rotatable bonds is 4. The normalized spacial score (nSPS) is 17.3. The van der Waals surface area contributed by atoms with E-state index in [0.717, 1.165) is 41.3 Å². The average Bonchev–Trinajstić information content (AvgIpc) is 2.63. The SMILES string of the molecule is O=C(O)NC1CN(c2nccnc2C2CN(c3ccc4ccccc4n3)C2)C1. The molecule has 0 atom stereocenters. The van der Waals surface area contributed by atoms with E-state index >= 15 is 0 Å². The van der Waals surface area contributed by atoms with Crippen LogP contribution in [0.3, 0.4) is 0 Å². The molecule has 28 heavy (non-hydrogen) atoms. The predicted octanol–water partition coefficient (Wildman–Crippen LogP) is 2.08. The molecule has 1 amide bonds. The highest BCUT2D eigenvalue weighted by molar-refractivity contribution is 5.80. The maximum absolute atomic E-state index is 10.8. The second-order valence-electron chi connectivity index (χ2n) is 7.28. The number of nitrogens with one attached hydrogen (secondary N) is 1. The Morgan fingerprint density at radius 2 is 1.79 bits per heavy atom. The third-order valence-corrected chi connectivity index (χ3v) is 5.39. The van der Waals surface area contributed by atoms with E-state index in [1.54, 1.807) is 12.4 Å². The van der Waals surface area contributed by atoms with E-state index in [1.807, 2.05) is 18.2 Å². The first-order chi connectivity index (χ1) is 13.7. The molecule has 0 saturated carbocycles. The molecule has 2 aliphatic heterocycles. The smallest absolute Gasteiger partial charge is 0.405 e. The number of nitrogens with zero attached hydrogens (tertiary/aromatic N) is 5. The van der Waals surface area contributed by atoms with Crippen molar-refractivity contribution in [3.05, 3.63) is 54.5 Å². The molecule has 2 saturated heterocycles. The van der Waals surface area contributed by atoms with Gasteiger partial charge in [0.05, 0.1) is 17.3 Å². The lowest BCUT2D eigenvalue weighted by Crippen LogP contribution is -2.60. The van der Waals surface area contributed by atoms with Gasteiger partial charge in [-0.3, -0.25) is 4.98 Å². The number of carbonyl (C=O) groups is 1. The maximum Gasteiger partial charge on any atom is 0.405 e. The van der Waals surface area contributed by atoms with E-state index in [1.165, 1.54) is 0 Å². The van der Waals surface area contributed by atoms with E-state index in [2.05, 4.69) is 43.3 Å². The predicted molar refractivity (Wildman–Crippen MR) is 106 cm³/mol. The molecular weight excluding hydrogens is 356 g/mol. The van der Waals surface area contributed by atoms with Crippen LogP contribution in [-0.4, -0.2) is 58.4 Å². The van der Waals surface area contributed by atoms with Crippen molar-refractivity contribution in [1.82, 2.24) is 20.3 Å². The molecule has 0 radical (unpaired) electrons. The van der Waals surface area contributed by atoms with Gasteiger partial charge in [-0.15, -0.1) is 0 Å². The van der Waals surface area contributed by atoms with Gasteiger partial charge in [-0.05, 0) is 18.2 Å². The van der Waals surface area contributed by atoms with Crippen molar-refractivity contribution >= 4 is 28.6 Å². The minimum Gasteiger partial charge on any atom is -0.465 e. The van der Waals surface area contributed by atoms with Gasteiger partial charge in [0.2, 0.25) is 0 Å². The van der Waals surface area contributed by atoms with Crippen LogP contribution in [0.15, 0.2) is 48.8 Å². The Bertz CT molecular complexity index is 1030. The number of fused-ring (bicyclic) bond motifs is 1. The number of para-hydroxylation sites is 1. The highest BCUT2D eigenvalue weighted by Gasteiger charge is 2.36. The zero-order chi connectivity index (χ0) is 19.1. The summed E-state index contributed by atoms with van der Waals surface area (Å²) in [4.78, 5) is 28.9. The summed E-state index contributed by atoms with van der Waals surface area (Å²) < 4.78 is 0. The second-order valence-corrected chi connectivity index (χ2v) is 7.28. The number of pyridine rings is 1. The fraction of sp³-hybridized carbons (Fsp3) is 0.300. The van der Waals surface area contributed by atoms with Gasteiger partial charge >= 0.3 is 6.09 Å². The van der Waals surface area contributed by atoms with Crippen molar-refractivity contribution in [2.24, 2.45) is 0 Å². The quantitative estimate of drug-likeness (QED) is 0.720. The molecule has 8 heteroatoms. The van der Waals surface area contributed by atoms with Gasteiger partial charge in [0.1, 0.15) is 5.82 Å². The van der Waals surface area contributed by atoms with Crippen molar-refractivity contribution < 1.29 is 9.90 Å². The Hall–Kier alpha value is -3.42. The number of aromatic nitrogens is 3. The van der Waals surface area contributed by atoms with E-state index < -0.39 is 6.09 Å². The van der Waals surface area contributed by atoms with E-state index in [4.69, 9.17) is 10.1 Å². The Morgan fingerprint density at radius 3 is 2.61 bits per heavy atom. The van der Waals surface area contributed by atoms with E-state index in [0.29, 0.717) is 19.0 Å². The Balaban J connectivity index is 1.28. The van der Waals surface area contributed by atoms with Crippen molar-refractivity contribution in [3.63, 3.8) is 0 Å². The highest BCUT2D eigenvalue weighted by atomic mass is 16.4. The van der Waals surface area contributed by atoms with Crippen LogP contribution in [0.4, 0.5) is 16.4 Å². The summed E-state index contributed by atoms with van der Waals surface area (Å²) in [7, 11) is 0. The number of benzene rings is 1. The summed E-state index contributed by atoms with van der Waals surface area (Å²) in [6, 6.07) is 12.2. The number of amides is 1. The first-order valence-corrected chi connectivity index (χ1v) is 9.33. The summed E-state index contributed by atoms with van der Waals surface area (Å²) in [5.74, 6) is 2.14. The van der Waals surface area contributed by atoms with Gasteiger partial charge in [0, 0.05) is 49.9 Å². The molecule has 1 aromatic carbocycles. The van der Waals surface area contributed by atoms with Gasteiger partial charge < -0.3 is 20.2 Å². The fourth-order valence-electron chi connectivity index (χ4n) is 3.86. The van der Waals surface area contributed by atoms with Gasteiger partial charge in [0.25, 0.3) is 0 Å². The third-order valence-electron chi connectivity index (χ3n) is 5.39. The van der Waals surface area contributed by atoms with Crippen LogP contribution in [0, 0.1) is 0 Å². The van der Waals surface area contributed by atoms with Gasteiger partial charge in [-0.25, -0.2) is 14.8 Å². The first-order valence-electron chi connectivity index (χ1n) is 9.33. The number of hydrogen-bond donors (Lipinski definition) is 2. The van der Waals surface area contributed by atoms with Crippen LogP contribution in [0.25, 0.3) is 10.9 Å². The molecule has 2 fully saturated rings. The van der Waals surface area contributed by atoms with E-state index in [-0.39, 0.29) is 6.04 Å². The lowest BCUT2D eigenvalue weighted by molar-refractivity contribution is 0.187. The number of anilines is 2. The largest absolute Gasteiger partial charge is 0.465 e. The zero-order valence-electron chi connectivity index (χ0n) is 15.2. The van der Waals surface area contributed by atoms with E-state index in [9.17, 15) is 4.79 Å². The number of carboxylic acid groups (broad SMARTS) is 1. The zero-order valence-corrected chi connectivity index (χ0v) is 15.2. The van der Waals surface area contributed by atoms with Gasteiger partial charge in [-0.1, -0.05) is 18.2 Å². The van der Waals surface area contributed by atoms with Crippen LogP contribution in [0.1, 0.15) is 11.6 Å². The lowest BCUT2D eigenvalue weighted by atomic mass is 9.94. The Kier molecular flexibility index (Phi) is 3.96. The molecule has 0 unspecified atom stereocenters. The minimum absolute atomic E-state index is 0.0490. The van der Waals surface area contributed by atoms with Crippen LogP contribution >= 0.6 is 0 Å². The molecule has 4 heterocycles. The Morgan fingerprint density at radius 1 is 1.00 bits per heavy atom. The van der Waals surface area contributed by atoms with Crippen LogP contribution in [0.2, 0.25) is 0 Å². The molecule has 0 bridgehead atoms. The summed E-state index contributed by atoms with van der Waals surface area (Å²) >= 11 is 0. The summed E-state index contributed by atoms with van der Waals surface area (Å²) in [6.07, 6.45) is 2.43. The highest BCUT2D eigenvalue weighted by Crippen LogP contribution is 2.35. The molecule has 3 aromatic rings. The number of hydrogen-bond acceptors (Lipinski definition) is 6. The summed E-state index contributed by atoms with van der Waals surface area (Å²) in [5.41, 5.74) is 1.98. The lowest BCUT2D eigenvalue weighted by Gasteiger charge is -2.44. The van der Waals surface area contributed by atoms with Crippen molar-refractivity contribution in [2.75, 3.05) is 36.0 Å². The maximum atomic E-state index is 10.8. The average molecular weight is 376 g/mol. The van der Waals surface area contributed by atoms with Gasteiger partial charge in [0.15, 0.2) is 5.82 Å². The monoisotopic (exact) mass is 376 g/mol. The molecule has 0 aliphatic carbocycles. The minimum atomic E-state index is -0.985. The molecule has 8 nitrogen and oxygen atoms in total. The Labute approximate surface area is 161 Å². The first kappa shape index (κ1) is 16.7. The fourth-order valence-corrected chi connectivity index (χ4v) is 3.86. The molecule has 0 spiro atoms. The second kappa shape index (κ2) is 6.63. The molecule has 142 valence electrons. The van der Waals surface area contributed by atoms with Crippen molar-refractivity contribution in [3.8, 4) is 0 Å². The summed E-state index contributed by atoms with van der Waals surface area (Å²) in [6.45, 7) is 2.95.